The van der Waals surface area contributed by atoms with Crippen LogP contribution < -0.4 is 5.32 Å². The Labute approximate surface area is 132 Å². The molecule has 1 fully saturated rings. The van der Waals surface area contributed by atoms with Crippen LogP contribution in [0.5, 0.6) is 0 Å². The van der Waals surface area contributed by atoms with Crippen LogP contribution in [0.4, 0.5) is 5.69 Å². The molecule has 3 heteroatoms. The molecule has 20 heavy (non-hydrogen) atoms. The second kappa shape index (κ2) is 4.60. The standard InChI is InChI=1S/C17H21NS2/c1-16(2)12-9-10-17(16,3)14(13(12)15(19)20)18-11-7-5-4-6-8-11/h4-8,12,18H,9-10H2,1-3H3,(H,19,20). The lowest BCUT2D eigenvalue weighted by Gasteiger charge is -2.37. The minimum Gasteiger partial charge on any atom is -0.358 e. The first kappa shape index (κ1) is 14.2. The molecule has 2 bridgehead atoms. The fraction of sp³-hybridized carbons (Fsp3) is 0.471. The minimum absolute atomic E-state index is 0.162. The first-order valence-corrected chi connectivity index (χ1v) is 8.03. The van der Waals surface area contributed by atoms with E-state index in [-0.39, 0.29) is 10.8 Å². The van der Waals surface area contributed by atoms with Crippen molar-refractivity contribution in [3.8, 4) is 0 Å². The molecule has 1 N–H and O–H groups in total. The molecule has 2 aliphatic carbocycles. The number of fused-ring (bicyclic) bond motifs is 2. The van der Waals surface area contributed by atoms with Crippen LogP contribution in [-0.2, 0) is 0 Å². The number of hydrogen-bond donors (Lipinski definition) is 2. The highest BCUT2D eigenvalue weighted by molar-refractivity contribution is 8.11. The van der Waals surface area contributed by atoms with Gasteiger partial charge in [-0.1, -0.05) is 51.2 Å². The molecule has 3 rings (SSSR count). The molecular weight excluding hydrogens is 282 g/mol. The predicted molar refractivity (Wildman–Crippen MR) is 93.3 cm³/mol. The lowest BCUT2D eigenvalue weighted by molar-refractivity contribution is 0.172. The molecule has 2 aliphatic rings. The number of anilines is 1. The van der Waals surface area contributed by atoms with Crippen molar-refractivity contribution in [2.75, 3.05) is 5.32 Å². The highest BCUT2D eigenvalue weighted by Gasteiger charge is 2.61. The van der Waals surface area contributed by atoms with Crippen molar-refractivity contribution < 1.29 is 0 Å². The maximum atomic E-state index is 5.43. The zero-order valence-corrected chi connectivity index (χ0v) is 13.9. The largest absolute Gasteiger partial charge is 0.358 e. The maximum Gasteiger partial charge on any atom is 0.0727 e. The summed E-state index contributed by atoms with van der Waals surface area (Å²) in [7, 11) is 0. The Morgan fingerprint density at radius 2 is 1.90 bits per heavy atom. The quantitative estimate of drug-likeness (QED) is 0.597. The summed E-state index contributed by atoms with van der Waals surface area (Å²) in [6, 6.07) is 10.4. The smallest absolute Gasteiger partial charge is 0.0727 e. The van der Waals surface area contributed by atoms with Crippen molar-refractivity contribution in [3.63, 3.8) is 0 Å². The molecule has 106 valence electrons. The van der Waals surface area contributed by atoms with Crippen LogP contribution in [0.1, 0.15) is 33.6 Å². The molecule has 2 unspecified atom stereocenters. The highest BCUT2D eigenvalue weighted by Crippen LogP contribution is 2.67. The van der Waals surface area contributed by atoms with E-state index in [0.29, 0.717) is 5.92 Å². The van der Waals surface area contributed by atoms with Crippen LogP contribution in [0.2, 0.25) is 0 Å². The average Bonchev–Trinajstić information content (AvgIpc) is 2.71. The van der Waals surface area contributed by atoms with E-state index < -0.39 is 0 Å². The van der Waals surface area contributed by atoms with Gasteiger partial charge >= 0.3 is 0 Å². The molecular formula is C17H21NS2. The summed E-state index contributed by atoms with van der Waals surface area (Å²) in [5.41, 5.74) is 4.10. The molecule has 1 nitrogen and oxygen atoms in total. The molecule has 0 amide bonds. The summed E-state index contributed by atoms with van der Waals surface area (Å²) in [6.45, 7) is 7.12. The summed E-state index contributed by atoms with van der Waals surface area (Å²) in [6.07, 6.45) is 2.44. The molecule has 0 saturated heterocycles. The fourth-order valence-corrected chi connectivity index (χ4v) is 4.56. The van der Waals surface area contributed by atoms with Crippen LogP contribution >= 0.6 is 24.8 Å². The van der Waals surface area contributed by atoms with Gasteiger partial charge in [0.25, 0.3) is 0 Å². The zero-order valence-electron chi connectivity index (χ0n) is 12.2. The second-order valence-corrected chi connectivity index (χ2v) is 7.89. The van der Waals surface area contributed by atoms with E-state index in [2.05, 4.69) is 63.0 Å². The van der Waals surface area contributed by atoms with Crippen molar-refractivity contribution in [3.05, 3.63) is 41.6 Å². The fourth-order valence-electron chi connectivity index (χ4n) is 4.05. The van der Waals surface area contributed by atoms with Gasteiger partial charge in [-0.25, -0.2) is 0 Å². The van der Waals surface area contributed by atoms with Gasteiger partial charge in [-0.15, -0.1) is 12.6 Å². The summed E-state index contributed by atoms with van der Waals surface area (Å²) >= 11 is 9.93. The number of benzene rings is 1. The van der Waals surface area contributed by atoms with Crippen molar-refractivity contribution in [1.29, 1.82) is 0 Å². The molecule has 1 aromatic rings. The highest BCUT2D eigenvalue weighted by atomic mass is 32.1. The van der Waals surface area contributed by atoms with Crippen molar-refractivity contribution >= 4 is 34.7 Å². The van der Waals surface area contributed by atoms with Crippen LogP contribution in [0, 0.1) is 16.7 Å². The topological polar surface area (TPSA) is 12.0 Å². The lowest BCUT2D eigenvalue weighted by Crippen LogP contribution is -2.32. The van der Waals surface area contributed by atoms with Gasteiger partial charge in [0.05, 0.1) is 4.20 Å². The van der Waals surface area contributed by atoms with Gasteiger partial charge < -0.3 is 5.32 Å². The third kappa shape index (κ3) is 1.79. The average molecular weight is 303 g/mol. The number of thiol groups is 1. The van der Waals surface area contributed by atoms with E-state index in [9.17, 15) is 0 Å². The van der Waals surface area contributed by atoms with Crippen molar-refractivity contribution in [2.45, 2.75) is 33.6 Å². The maximum absolute atomic E-state index is 5.43. The molecule has 1 saturated carbocycles. The van der Waals surface area contributed by atoms with Gasteiger partial charge in [-0.2, -0.15) is 0 Å². The number of para-hydroxylation sites is 1. The number of thiocarbonyl (C=S) groups is 1. The lowest BCUT2D eigenvalue weighted by atomic mass is 9.69. The van der Waals surface area contributed by atoms with E-state index >= 15 is 0 Å². The van der Waals surface area contributed by atoms with Crippen molar-refractivity contribution in [1.82, 2.24) is 0 Å². The zero-order chi connectivity index (χ0) is 14.5. The number of rotatable bonds is 3. The van der Waals surface area contributed by atoms with E-state index in [1.807, 2.05) is 6.07 Å². The normalized spacial score (nSPS) is 30.7. The van der Waals surface area contributed by atoms with Gasteiger partial charge in [0.2, 0.25) is 0 Å². The number of allylic oxidation sites excluding steroid dienone is 1. The third-order valence-electron chi connectivity index (χ3n) is 5.67. The molecule has 0 heterocycles. The number of hydrogen-bond acceptors (Lipinski definition) is 2. The molecule has 0 spiro atoms. The number of nitrogens with one attached hydrogen (secondary N) is 1. The summed E-state index contributed by atoms with van der Waals surface area (Å²) < 4.78 is 0.755. The van der Waals surface area contributed by atoms with Gasteiger partial charge in [-0.05, 0) is 41.9 Å². The van der Waals surface area contributed by atoms with E-state index in [1.165, 1.54) is 24.1 Å². The molecule has 0 aromatic heterocycles. The second-order valence-electron chi connectivity index (χ2n) is 6.73. The van der Waals surface area contributed by atoms with Crippen LogP contribution in [0.25, 0.3) is 0 Å². The van der Waals surface area contributed by atoms with E-state index in [0.717, 1.165) is 9.88 Å². The molecule has 2 atom stereocenters. The molecule has 1 aromatic carbocycles. The summed E-state index contributed by atoms with van der Waals surface area (Å²) in [5.74, 6) is 0.531. The summed E-state index contributed by atoms with van der Waals surface area (Å²) in [4.78, 5) is 0. The minimum atomic E-state index is 0.162. The summed E-state index contributed by atoms with van der Waals surface area (Å²) in [5, 5.41) is 3.64. The first-order chi connectivity index (χ1) is 9.38. The Morgan fingerprint density at radius 1 is 1.25 bits per heavy atom. The van der Waals surface area contributed by atoms with Gasteiger partial charge in [-0.3, -0.25) is 0 Å². The first-order valence-electron chi connectivity index (χ1n) is 7.18. The molecule has 0 aliphatic heterocycles. The van der Waals surface area contributed by atoms with Gasteiger partial charge in [0, 0.05) is 16.8 Å². The Bertz CT molecular complexity index is 588. The Kier molecular flexibility index (Phi) is 3.26. The van der Waals surface area contributed by atoms with Crippen LogP contribution in [0.15, 0.2) is 41.6 Å². The van der Waals surface area contributed by atoms with Gasteiger partial charge in [0.15, 0.2) is 0 Å². The third-order valence-corrected chi connectivity index (χ3v) is 6.13. The van der Waals surface area contributed by atoms with Gasteiger partial charge in [0.1, 0.15) is 0 Å². The molecule has 0 radical (unpaired) electrons. The predicted octanol–water partition coefficient (Wildman–Crippen LogP) is 5.07. The Morgan fingerprint density at radius 3 is 2.50 bits per heavy atom. The Hall–Kier alpha value is -0.800. The van der Waals surface area contributed by atoms with E-state index in [4.69, 9.17) is 12.2 Å². The van der Waals surface area contributed by atoms with Crippen LogP contribution in [-0.4, -0.2) is 4.20 Å². The van der Waals surface area contributed by atoms with Crippen molar-refractivity contribution in [2.24, 2.45) is 16.7 Å². The SMILES string of the molecule is CC12CCC(C(C(=S)S)=C1Nc1ccccc1)C2(C)C. The monoisotopic (exact) mass is 303 g/mol. The Balaban J connectivity index is 2.08. The van der Waals surface area contributed by atoms with Crippen LogP contribution in [0.3, 0.4) is 0 Å². The van der Waals surface area contributed by atoms with E-state index in [1.54, 1.807) is 0 Å².